The standard InChI is InChI=1S/C17H13NO3/c1-9-10(2)20-15-8-16-14(7-13(9)15)11-5-3-4-6-12(11)17(18-19)21-16/h3-8,19H,1-2H3/b18-17+. The summed E-state index contributed by atoms with van der Waals surface area (Å²) in [5, 5.41) is 16.3. The molecule has 0 bridgehead atoms. The molecule has 1 N–H and O–H groups in total. The van der Waals surface area contributed by atoms with Gasteiger partial charge in [-0.2, -0.15) is 0 Å². The molecule has 2 heterocycles. The first kappa shape index (κ1) is 12.0. The van der Waals surface area contributed by atoms with Gasteiger partial charge in [0.05, 0.1) is 0 Å². The van der Waals surface area contributed by atoms with Crippen LogP contribution in [0.3, 0.4) is 0 Å². The van der Waals surface area contributed by atoms with Crippen molar-refractivity contribution < 1.29 is 14.0 Å². The first-order valence-electron chi connectivity index (χ1n) is 6.72. The van der Waals surface area contributed by atoms with Crippen LogP contribution in [0.2, 0.25) is 0 Å². The summed E-state index contributed by atoms with van der Waals surface area (Å²) in [6, 6.07) is 11.7. The number of hydrogen-bond acceptors (Lipinski definition) is 4. The van der Waals surface area contributed by atoms with Gasteiger partial charge in [-0.25, -0.2) is 0 Å². The molecule has 0 aliphatic rings. The van der Waals surface area contributed by atoms with Crippen LogP contribution in [0.15, 0.2) is 50.4 Å². The van der Waals surface area contributed by atoms with Crippen molar-refractivity contribution in [2.45, 2.75) is 13.8 Å². The van der Waals surface area contributed by atoms with Gasteiger partial charge in [-0.15, -0.1) is 0 Å². The van der Waals surface area contributed by atoms with Gasteiger partial charge >= 0.3 is 0 Å². The lowest BCUT2D eigenvalue weighted by molar-refractivity contribution is 0.279. The molecule has 0 atom stereocenters. The highest BCUT2D eigenvalue weighted by atomic mass is 16.5. The third-order valence-corrected chi connectivity index (χ3v) is 4.02. The molecule has 0 aliphatic heterocycles. The van der Waals surface area contributed by atoms with Crippen molar-refractivity contribution in [1.29, 1.82) is 0 Å². The Balaban J connectivity index is 2.31. The second-order valence-corrected chi connectivity index (χ2v) is 5.18. The molecule has 104 valence electrons. The molecular formula is C17H13NO3. The number of fused-ring (bicyclic) bond motifs is 4. The van der Waals surface area contributed by atoms with Crippen LogP contribution in [0.4, 0.5) is 0 Å². The van der Waals surface area contributed by atoms with E-state index in [4.69, 9.17) is 14.0 Å². The van der Waals surface area contributed by atoms with E-state index in [2.05, 4.69) is 11.2 Å². The summed E-state index contributed by atoms with van der Waals surface area (Å²) in [6.45, 7) is 3.99. The predicted molar refractivity (Wildman–Crippen MR) is 80.3 cm³/mol. The fourth-order valence-electron chi connectivity index (χ4n) is 2.80. The van der Waals surface area contributed by atoms with Crippen LogP contribution in [0.25, 0.3) is 32.7 Å². The maximum Gasteiger partial charge on any atom is 0.263 e. The molecule has 0 spiro atoms. The lowest BCUT2D eigenvalue weighted by atomic mass is 10.0. The zero-order valence-electron chi connectivity index (χ0n) is 11.7. The molecule has 0 fully saturated rings. The summed E-state index contributed by atoms with van der Waals surface area (Å²) in [6.07, 6.45) is 0. The summed E-state index contributed by atoms with van der Waals surface area (Å²) >= 11 is 0. The number of benzene rings is 2. The number of aryl methyl sites for hydroxylation is 2. The molecule has 4 heteroatoms. The summed E-state index contributed by atoms with van der Waals surface area (Å²) in [5.41, 5.74) is 2.76. The zero-order chi connectivity index (χ0) is 14.6. The summed E-state index contributed by atoms with van der Waals surface area (Å²) in [7, 11) is 0. The first-order valence-corrected chi connectivity index (χ1v) is 6.72. The van der Waals surface area contributed by atoms with Crippen molar-refractivity contribution in [2.75, 3.05) is 0 Å². The van der Waals surface area contributed by atoms with Gasteiger partial charge < -0.3 is 14.0 Å². The second kappa shape index (κ2) is 4.12. The van der Waals surface area contributed by atoms with E-state index in [-0.39, 0.29) is 5.55 Å². The van der Waals surface area contributed by atoms with Gasteiger partial charge in [-0.05, 0) is 42.1 Å². The van der Waals surface area contributed by atoms with Crippen molar-refractivity contribution in [3.63, 3.8) is 0 Å². The molecule has 0 unspecified atom stereocenters. The highest BCUT2D eigenvalue weighted by Gasteiger charge is 2.12. The lowest BCUT2D eigenvalue weighted by Gasteiger charge is -2.03. The average molecular weight is 279 g/mol. The average Bonchev–Trinajstić information content (AvgIpc) is 2.79. The van der Waals surface area contributed by atoms with Gasteiger partial charge in [0.15, 0.2) is 0 Å². The minimum Gasteiger partial charge on any atom is -0.461 e. The van der Waals surface area contributed by atoms with Crippen molar-refractivity contribution in [3.05, 3.63) is 53.3 Å². The topological polar surface area (TPSA) is 58.9 Å². The van der Waals surface area contributed by atoms with Crippen LogP contribution in [-0.2, 0) is 0 Å². The fraction of sp³-hybridized carbons (Fsp3) is 0.118. The van der Waals surface area contributed by atoms with Crippen molar-refractivity contribution in [1.82, 2.24) is 0 Å². The molecule has 0 aliphatic carbocycles. The molecule has 4 rings (SSSR count). The lowest BCUT2D eigenvalue weighted by Crippen LogP contribution is -2.02. The van der Waals surface area contributed by atoms with Crippen LogP contribution in [0.1, 0.15) is 11.3 Å². The first-order chi connectivity index (χ1) is 10.2. The van der Waals surface area contributed by atoms with E-state index in [0.717, 1.165) is 38.5 Å². The maximum atomic E-state index is 9.16. The molecule has 4 nitrogen and oxygen atoms in total. The van der Waals surface area contributed by atoms with E-state index >= 15 is 0 Å². The molecule has 2 aromatic carbocycles. The Morgan fingerprint density at radius 2 is 1.57 bits per heavy atom. The highest BCUT2D eigenvalue weighted by Crippen LogP contribution is 2.31. The second-order valence-electron chi connectivity index (χ2n) is 5.18. The van der Waals surface area contributed by atoms with Crippen molar-refractivity contribution >= 4 is 32.7 Å². The van der Waals surface area contributed by atoms with E-state index in [0.29, 0.717) is 5.58 Å². The van der Waals surface area contributed by atoms with E-state index < -0.39 is 0 Å². The highest BCUT2D eigenvalue weighted by molar-refractivity contribution is 6.08. The van der Waals surface area contributed by atoms with E-state index in [1.165, 1.54) is 0 Å². The van der Waals surface area contributed by atoms with Crippen LogP contribution in [-0.4, -0.2) is 5.21 Å². The van der Waals surface area contributed by atoms with Gasteiger partial charge in [0, 0.05) is 22.2 Å². The van der Waals surface area contributed by atoms with E-state index in [1.54, 1.807) is 0 Å². The fourth-order valence-corrected chi connectivity index (χ4v) is 2.80. The van der Waals surface area contributed by atoms with E-state index in [9.17, 15) is 0 Å². The Kier molecular flexibility index (Phi) is 2.36. The Morgan fingerprint density at radius 3 is 2.33 bits per heavy atom. The van der Waals surface area contributed by atoms with Gasteiger partial charge in [0.25, 0.3) is 5.55 Å². The molecule has 0 amide bonds. The van der Waals surface area contributed by atoms with Crippen LogP contribution in [0.5, 0.6) is 0 Å². The maximum absolute atomic E-state index is 9.16. The minimum absolute atomic E-state index is 0.206. The number of nitrogens with zero attached hydrogens (tertiary/aromatic N) is 1. The smallest absolute Gasteiger partial charge is 0.263 e. The normalized spacial score (nSPS) is 12.8. The van der Waals surface area contributed by atoms with Crippen molar-refractivity contribution in [3.8, 4) is 0 Å². The van der Waals surface area contributed by atoms with E-state index in [1.807, 2.05) is 44.2 Å². The number of rotatable bonds is 0. The Labute approximate surface area is 119 Å². The van der Waals surface area contributed by atoms with Crippen LogP contribution >= 0.6 is 0 Å². The summed E-state index contributed by atoms with van der Waals surface area (Å²) in [5.74, 6) is 0.900. The molecular weight excluding hydrogens is 266 g/mol. The molecule has 4 aromatic rings. The molecule has 21 heavy (non-hydrogen) atoms. The monoisotopic (exact) mass is 279 g/mol. The molecule has 0 radical (unpaired) electrons. The Bertz CT molecular complexity index is 1070. The number of hydrogen-bond donors (Lipinski definition) is 1. The molecule has 0 saturated carbocycles. The Hall–Kier alpha value is -2.75. The number of furan rings is 1. The summed E-state index contributed by atoms with van der Waals surface area (Å²) < 4.78 is 11.4. The van der Waals surface area contributed by atoms with Gasteiger partial charge in [0.1, 0.15) is 16.9 Å². The molecule has 0 saturated heterocycles. The third-order valence-electron chi connectivity index (χ3n) is 4.02. The van der Waals surface area contributed by atoms with Gasteiger partial charge in [-0.1, -0.05) is 18.2 Å². The predicted octanol–water partition coefficient (Wildman–Crippen LogP) is 4.24. The summed E-state index contributed by atoms with van der Waals surface area (Å²) in [4.78, 5) is 0. The van der Waals surface area contributed by atoms with Gasteiger partial charge in [0.2, 0.25) is 0 Å². The largest absolute Gasteiger partial charge is 0.461 e. The van der Waals surface area contributed by atoms with Gasteiger partial charge in [-0.3, -0.25) is 0 Å². The van der Waals surface area contributed by atoms with Crippen LogP contribution < -0.4 is 5.55 Å². The van der Waals surface area contributed by atoms with Crippen molar-refractivity contribution in [2.24, 2.45) is 5.16 Å². The van der Waals surface area contributed by atoms with Crippen LogP contribution in [0, 0.1) is 13.8 Å². The third kappa shape index (κ3) is 1.59. The SMILES string of the molecule is Cc1oc2cc3o/c(=N/O)c4ccccc4c3cc2c1C. The minimum atomic E-state index is 0.206. The Morgan fingerprint density at radius 1 is 0.857 bits per heavy atom. The quantitative estimate of drug-likeness (QED) is 0.297. The molecule has 2 aromatic heterocycles. The zero-order valence-corrected chi connectivity index (χ0v) is 11.7.